The fraction of sp³-hybridized carbons (Fsp3) is 0.300. The number of amides is 1. The number of aliphatic hydroxyl groups excluding tert-OH is 1. The van der Waals surface area contributed by atoms with E-state index in [-0.39, 0.29) is 30.6 Å². The summed E-state index contributed by atoms with van der Waals surface area (Å²) in [4.78, 5) is 24.3. The van der Waals surface area contributed by atoms with Gasteiger partial charge in [-0.1, -0.05) is 54.1 Å². The molecule has 24 heavy (non-hydrogen) atoms. The molecule has 0 bridgehead atoms. The van der Waals surface area contributed by atoms with Crippen molar-refractivity contribution in [2.75, 3.05) is 0 Å². The minimum Gasteiger partial charge on any atom is -0.390 e. The van der Waals surface area contributed by atoms with Gasteiger partial charge < -0.3 is 10.4 Å². The van der Waals surface area contributed by atoms with E-state index in [2.05, 4.69) is 5.32 Å². The molecule has 0 aromatic heterocycles. The van der Waals surface area contributed by atoms with Gasteiger partial charge in [-0.25, -0.2) is 0 Å². The van der Waals surface area contributed by atoms with Crippen LogP contribution in [-0.4, -0.2) is 22.9 Å². The fourth-order valence-electron chi connectivity index (χ4n) is 3.10. The van der Waals surface area contributed by atoms with Crippen LogP contribution in [0, 0.1) is 6.92 Å². The van der Waals surface area contributed by atoms with Crippen LogP contribution in [0.1, 0.15) is 45.9 Å². The lowest BCUT2D eigenvalue weighted by Gasteiger charge is -2.17. The first-order valence-corrected chi connectivity index (χ1v) is 8.19. The van der Waals surface area contributed by atoms with Gasteiger partial charge in [0.25, 0.3) is 0 Å². The van der Waals surface area contributed by atoms with Gasteiger partial charge in [-0.2, -0.15) is 0 Å². The summed E-state index contributed by atoms with van der Waals surface area (Å²) in [6, 6.07) is 14.7. The van der Waals surface area contributed by atoms with Crippen LogP contribution in [0.25, 0.3) is 0 Å². The van der Waals surface area contributed by atoms with Crippen LogP contribution in [0.15, 0.2) is 48.5 Å². The molecule has 1 aliphatic carbocycles. The van der Waals surface area contributed by atoms with Crippen LogP contribution in [0.5, 0.6) is 0 Å². The van der Waals surface area contributed by atoms with E-state index < -0.39 is 6.10 Å². The molecule has 2 aromatic carbocycles. The van der Waals surface area contributed by atoms with E-state index in [1.54, 1.807) is 12.1 Å². The first-order chi connectivity index (χ1) is 11.5. The Hall–Kier alpha value is -2.46. The third kappa shape index (κ3) is 3.54. The number of hydrogen-bond acceptors (Lipinski definition) is 3. The normalized spacial score (nSPS) is 18.9. The van der Waals surface area contributed by atoms with E-state index in [9.17, 15) is 14.7 Å². The molecule has 124 valence electrons. The maximum Gasteiger partial charge on any atom is 0.221 e. The molecule has 2 unspecified atom stereocenters. The predicted molar refractivity (Wildman–Crippen MR) is 91.8 cm³/mol. The molecule has 0 spiro atoms. The first-order valence-electron chi connectivity index (χ1n) is 8.19. The van der Waals surface area contributed by atoms with Crippen LogP contribution >= 0.6 is 0 Å². The molecule has 0 saturated heterocycles. The monoisotopic (exact) mass is 323 g/mol. The molecule has 3 rings (SSSR count). The number of Topliss-reactive ketones (excluding diaryl/α,β-unsaturated/α-hetero) is 1. The largest absolute Gasteiger partial charge is 0.390 e. The lowest BCUT2D eigenvalue weighted by molar-refractivity contribution is -0.122. The zero-order valence-corrected chi connectivity index (χ0v) is 13.7. The highest BCUT2D eigenvalue weighted by atomic mass is 16.3. The number of rotatable bonds is 5. The summed E-state index contributed by atoms with van der Waals surface area (Å²) < 4.78 is 0. The highest BCUT2D eigenvalue weighted by Crippen LogP contribution is 2.31. The number of fused-ring (bicyclic) bond motifs is 1. The van der Waals surface area contributed by atoms with Crippen molar-refractivity contribution < 1.29 is 14.7 Å². The summed E-state index contributed by atoms with van der Waals surface area (Å²) in [5, 5.41) is 13.0. The van der Waals surface area contributed by atoms with Crippen LogP contribution in [0.4, 0.5) is 0 Å². The molecule has 1 amide bonds. The molecule has 0 aliphatic heterocycles. The number of aliphatic hydroxyl groups is 1. The van der Waals surface area contributed by atoms with Crippen molar-refractivity contribution in [3.8, 4) is 0 Å². The standard InChI is InChI=1S/C20H21NO3/c1-13-6-8-14(9-7-13)17(22)10-11-19(24)21-20-16-5-3-2-4-15(16)12-18(20)23/h2-9,18,20,23H,10-12H2,1H3,(H,21,24). The van der Waals surface area contributed by atoms with Gasteiger partial charge in [0, 0.05) is 24.8 Å². The number of benzene rings is 2. The molecule has 2 atom stereocenters. The average Bonchev–Trinajstić information content (AvgIpc) is 2.89. The third-order valence-corrected chi connectivity index (χ3v) is 4.47. The lowest BCUT2D eigenvalue weighted by Crippen LogP contribution is -2.34. The average molecular weight is 323 g/mol. The van der Waals surface area contributed by atoms with Crippen molar-refractivity contribution in [1.82, 2.24) is 5.32 Å². The van der Waals surface area contributed by atoms with Gasteiger partial charge in [0.15, 0.2) is 5.78 Å². The van der Waals surface area contributed by atoms with Crippen LogP contribution < -0.4 is 5.32 Å². The van der Waals surface area contributed by atoms with Crippen LogP contribution in [0.2, 0.25) is 0 Å². The Morgan fingerprint density at radius 3 is 2.54 bits per heavy atom. The fourth-order valence-corrected chi connectivity index (χ4v) is 3.10. The summed E-state index contributed by atoms with van der Waals surface area (Å²) in [5.41, 5.74) is 3.74. The Morgan fingerprint density at radius 1 is 1.08 bits per heavy atom. The maximum atomic E-state index is 12.2. The molecular formula is C20H21NO3. The third-order valence-electron chi connectivity index (χ3n) is 4.47. The van der Waals surface area contributed by atoms with E-state index in [1.165, 1.54) is 0 Å². The van der Waals surface area contributed by atoms with E-state index in [4.69, 9.17) is 0 Å². The SMILES string of the molecule is Cc1ccc(C(=O)CCC(=O)NC2c3ccccc3CC2O)cc1. The number of aryl methyl sites for hydroxylation is 1. The molecule has 2 N–H and O–H groups in total. The Morgan fingerprint density at radius 2 is 1.79 bits per heavy atom. The second kappa shape index (κ2) is 6.97. The van der Waals surface area contributed by atoms with Gasteiger partial charge in [-0.15, -0.1) is 0 Å². The van der Waals surface area contributed by atoms with E-state index in [0.29, 0.717) is 12.0 Å². The Bertz CT molecular complexity index is 752. The van der Waals surface area contributed by atoms with E-state index in [1.807, 2.05) is 43.3 Å². The highest BCUT2D eigenvalue weighted by molar-refractivity contribution is 5.98. The number of carbonyl (C=O) groups excluding carboxylic acids is 2. The smallest absolute Gasteiger partial charge is 0.221 e. The van der Waals surface area contributed by atoms with Crippen molar-refractivity contribution in [2.24, 2.45) is 0 Å². The molecule has 0 fully saturated rings. The van der Waals surface area contributed by atoms with Crippen LogP contribution in [-0.2, 0) is 11.2 Å². The van der Waals surface area contributed by atoms with E-state index >= 15 is 0 Å². The molecule has 0 saturated carbocycles. The minimum atomic E-state index is -0.612. The maximum absolute atomic E-state index is 12.2. The summed E-state index contributed by atoms with van der Waals surface area (Å²) in [6.07, 6.45) is 0.222. The van der Waals surface area contributed by atoms with Crippen molar-refractivity contribution in [3.63, 3.8) is 0 Å². The van der Waals surface area contributed by atoms with Gasteiger partial charge in [0.2, 0.25) is 5.91 Å². The van der Waals surface area contributed by atoms with Crippen molar-refractivity contribution in [1.29, 1.82) is 0 Å². The topological polar surface area (TPSA) is 66.4 Å². The second-order valence-corrected chi connectivity index (χ2v) is 6.30. The molecule has 0 heterocycles. The molecule has 4 heteroatoms. The van der Waals surface area contributed by atoms with Gasteiger partial charge >= 0.3 is 0 Å². The number of carbonyl (C=O) groups is 2. The van der Waals surface area contributed by atoms with Gasteiger partial charge in [-0.3, -0.25) is 9.59 Å². The minimum absolute atomic E-state index is 0.0440. The number of hydrogen-bond donors (Lipinski definition) is 2. The Kier molecular flexibility index (Phi) is 4.76. The van der Waals surface area contributed by atoms with Crippen molar-refractivity contribution in [2.45, 2.75) is 38.3 Å². The second-order valence-electron chi connectivity index (χ2n) is 6.30. The van der Waals surface area contributed by atoms with Crippen LogP contribution in [0.3, 0.4) is 0 Å². The van der Waals surface area contributed by atoms with Gasteiger partial charge in [0.1, 0.15) is 0 Å². The molecular weight excluding hydrogens is 302 g/mol. The molecule has 1 aliphatic rings. The zero-order valence-electron chi connectivity index (χ0n) is 13.7. The quantitative estimate of drug-likeness (QED) is 0.832. The lowest BCUT2D eigenvalue weighted by atomic mass is 10.0. The van der Waals surface area contributed by atoms with Gasteiger partial charge in [0.05, 0.1) is 12.1 Å². The van der Waals surface area contributed by atoms with Crippen molar-refractivity contribution >= 4 is 11.7 Å². The molecule has 4 nitrogen and oxygen atoms in total. The Labute approximate surface area is 141 Å². The summed E-state index contributed by atoms with van der Waals surface area (Å²) in [7, 11) is 0. The Balaban J connectivity index is 1.56. The zero-order chi connectivity index (χ0) is 17.1. The van der Waals surface area contributed by atoms with Gasteiger partial charge in [-0.05, 0) is 18.1 Å². The summed E-state index contributed by atoms with van der Waals surface area (Å²) in [5.74, 6) is -0.256. The number of nitrogens with one attached hydrogen (secondary N) is 1. The van der Waals surface area contributed by atoms with Crippen molar-refractivity contribution in [3.05, 3.63) is 70.8 Å². The predicted octanol–water partition coefficient (Wildman–Crippen LogP) is 2.73. The highest BCUT2D eigenvalue weighted by Gasteiger charge is 2.31. The molecule has 2 aromatic rings. The van der Waals surface area contributed by atoms with E-state index in [0.717, 1.165) is 16.7 Å². The number of ketones is 1. The summed E-state index contributed by atoms with van der Waals surface area (Å²) in [6.45, 7) is 1.96. The summed E-state index contributed by atoms with van der Waals surface area (Å²) >= 11 is 0. The molecule has 0 radical (unpaired) electrons. The first kappa shape index (κ1) is 16.4.